The Morgan fingerprint density at radius 1 is 1.25 bits per heavy atom. The molecule has 19 valence electrons. The monoisotopic (exact) mass is 263 g/mol. The quantitative estimate of drug-likeness (QED) is 0.390. The Bertz CT molecular complexity index is 11.6. The second-order valence-corrected chi connectivity index (χ2v) is 0. The van der Waals surface area contributed by atoms with Gasteiger partial charge >= 0.3 is 75.8 Å². The van der Waals surface area contributed by atoms with Crippen LogP contribution in [0.3, 0.4) is 0 Å². The molecule has 0 N–H and O–H groups in total. The van der Waals surface area contributed by atoms with Gasteiger partial charge < -0.3 is 1.43 Å². The van der Waals surface area contributed by atoms with Crippen molar-refractivity contribution < 1.29 is 93.1 Å². The molecular weight excluding hydrogens is 260 g/mol. The standard InChI is InChI=1S/K.Sb.Ti.V.4H/q+1;;;;;;;-1. The maximum absolute atomic E-state index is 0. The first-order chi connectivity index (χ1) is 0. The van der Waals surface area contributed by atoms with Gasteiger partial charge in [-0.25, -0.2) is 0 Å². The van der Waals surface area contributed by atoms with Gasteiger partial charge in [-0.15, -0.1) is 0 Å². The zero-order valence-corrected chi connectivity index (χ0v) is 12.8. The molecule has 0 aliphatic rings. The molecule has 0 spiro atoms. The Morgan fingerprint density at radius 2 is 1.25 bits per heavy atom. The van der Waals surface area contributed by atoms with Crippen LogP contribution in [0, 0.1) is 0 Å². The van der Waals surface area contributed by atoms with E-state index >= 15 is 0 Å². The van der Waals surface area contributed by atoms with Crippen molar-refractivity contribution in [2.75, 3.05) is 0 Å². The van der Waals surface area contributed by atoms with E-state index in [-0.39, 0.29) is 118 Å². The molecule has 0 heterocycles. The van der Waals surface area contributed by atoms with Crippen LogP contribution in [0.1, 0.15) is 1.43 Å². The fraction of sp³-hybridized carbons (Fsp3) is 0. The molecule has 0 aromatic carbocycles. The first-order valence-corrected chi connectivity index (χ1v) is 0. The van der Waals surface area contributed by atoms with Crippen LogP contribution in [0.4, 0.5) is 0 Å². The van der Waals surface area contributed by atoms with Gasteiger partial charge in [0.15, 0.2) is 0 Å². The molecule has 4 heavy (non-hydrogen) atoms. The van der Waals surface area contributed by atoms with Crippen LogP contribution in [0.15, 0.2) is 0 Å². The summed E-state index contributed by atoms with van der Waals surface area (Å²) in [5.41, 5.74) is 0. The Balaban J connectivity index is 0. The summed E-state index contributed by atoms with van der Waals surface area (Å²) in [4.78, 5) is 0. The number of hydrogen-bond acceptors (Lipinski definition) is 0. The third-order valence-corrected chi connectivity index (χ3v) is 0. The molecule has 4 heteroatoms. The fourth-order valence-corrected chi connectivity index (χ4v) is 0. The smallest absolute Gasteiger partial charge is 0 e. The Hall–Kier alpha value is 3.75. The predicted octanol–water partition coefficient (Wildman–Crippen LogP) is -4.07. The van der Waals surface area contributed by atoms with Gasteiger partial charge in [0.1, 0.15) is 0 Å². The maximum Gasteiger partial charge on any atom is 0 e. The summed E-state index contributed by atoms with van der Waals surface area (Å²) in [5, 5.41) is 0. The van der Waals surface area contributed by atoms with E-state index in [0.29, 0.717) is 0 Å². The van der Waals surface area contributed by atoms with E-state index in [1.54, 1.807) is 0 Å². The summed E-state index contributed by atoms with van der Waals surface area (Å²) < 4.78 is 0. The van der Waals surface area contributed by atoms with Gasteiger partial charge in [-0.2, -0.15) is 0 Å². The molecule has 0 aromatic rings. The third-order valence-electron chi connectivity index (χ3n) is 0. The third kappa shape index (κ3) is 9.23. The minimum atomic E-state index is 0. The van der Waals surface area contributed by atoms with Gasteiger partial charge in [-0.1, -0.05) is 0 Å². The second-order valence-electron chi connectivity index (χ2n) is 0. The fourth-order valence-electron chi connectivity index (χ4n) is 0. The molecule has 0 saturated carbocycles. The van der Waals surface area contributed by atoms with Crippen LogP contribution in [0.2, 0.25) is 0 Å². The van der Waals surface area contributed by atoms with Crippen LogP contribution in [0.5, 0.6) is 0 Å². The van der Waals surface area contributed by atoms with Gasteiger partial charge in [0.2, 0.25) is 0 Å². The topological polar surface area (TPSA) is 0 Å². The summed E-state index contributed by atoms with van der Waals surface area (Å²) >= 11 is 0. The average molecular weight is 264 g/mol. The van der Waals surface area contributed by atoms with Crippen molar-refractivity contribution in [3.05, 3.63) is 0 Å². The van der Waals surface area contributed by atoms with E-state index in [1.165, 1.54) is 0 Å². The summed E-state index contributed by atoms with van der Waals surface area (Å²) in [6, 6.07) is 0. The first-order valence-electron chi connectivity index (χ1n) is 0. The van der Waals surface area contributed by atoms with Crippen molar-refractivity contribution in [3.8, 4) is 0 Å². The Labute approximate surface area is 114 Å². The van der Waals surface area contributed by atoms with E-state index in [9.17, 15) is 0 Å². The largest absolute Gasteiger partial charge is 0 e. The number of rotatable bonds is 0. The SMILES string of the molecule is [H-].[K+].[SbH3].[Ti].[V]. The zero-order valence-electron chi connectivity index (χ0n) is 3.65. The summed E-state index contributed by atoms with van der Waals surface area (Å²) in [6.45, 7) is 0. The van der Waals surface area contributed by atoms with Crippen molar-refractivity contribution in [1.29, 1.82) is 0 Å². The molecule has 0 atom stereocenters. The minimum absolute atomic E-state index is 0. The van der Waals surface area contributed by atoms with Gasteiger partial charge in [-0.3, -0.25) is 0 Å². The first kappa shape index (κ1) is 25.1. The van der Waals surface area contributed by atoms with E-state index < -0.39 is 0 Å². The molecule has 0 rings (SSSR count). The number of hydrogen-bond donors (Lipinski definition) is 0. The van der Waals surface area contributed by atoms with Crippen LogP contribution in [0.25, 0.3) is 0 Å². The van der Waals surface area contributed by atoms with Gasteiger partial charge in [0.25, 0.3) is 0 Å². The predicted molar refractivity (Wildman–Crippen MR) is 11.1 cm³/mol. The van der Waals surface area contributed by atoms with Crippen LogP contribution < -0.4 is 51.4 Å². The van der Waals surface area contributed by atoms with E-state index in [1.807, 2.05) is 0 Å². The maximum atomic E-state index is 0. The Morgan fingerprint density at radius 3 is 1.25 bits per heavy atom. The molecule has 0 bridgehead atoms. The summed E-state index contributed by atoms with van der Waals surface area (Å²) in [6.07, 6.45) is 0. The van der Waals surface area contributed by atoms with Gasteiger partial charge in [0, 0.05) is 40.3 Å². The van der Waals surface area contributed by atoms with Crippen molar-refractivity contribution in [3.63, 3.8) is 0 Å². The van der Waals surface area contributed by atoms with Crippen LogP contribution in [-0.4, -0.2) is 24.4 Å². The molecular formula is H4KSbTiV. The molecule has 0 saturated heterocycles. The van der Waals surface area contributed by atoms with Gasteiger partial charge in [0.05, 0.1) is 0 Å². The van der Waals surface area contributed by atoms with Gasteiger partial charge in [-0.05, 0) is 0 Å². The normalized spacial score (nSPS) is 0. The molecule has 0 aliphatic heterocycles. The summed E-state index contributed by atoms with van der Waals surface area (Å²) in [7, 11) is 0. The minimum Gasteiger partial charge on any atom is 0 e. The van der Waals surface area contributed by atoms with Crippen molar-refractivity contribution >= 4 is 24.4 Å². The molecule has 0 aromatic heterocycles. The van der Waals surface area contributed by atoms with E-state index in [2.05, 4.69) is 0 Å². The van der Waals surface area contributed by atoms with Crippen LogP contribution >= 0.6 is 0 Å². The molecule has 0 nitrogen and oxygen atoms in total. The van der Waals surface area contributed by atoms with Crippen molar-refractivity contribution in [2.45, 2.75) is 0 Å². The molecule has 0 fully saturated rings. The Kier molecular flexibility index (Phi) is 99.6. The molecule has 0 aliphatic carbocycles. The molecule has 0 unspecified atom stereocenters. The zero-order chi connectivity index (χ0) is 0. The van der Waals surface area contributed by atoms with Crippen molar-refractivity contribution in [2.24, 2.45) is 0 Å². The van der Waals surface area contributed by atoms with Crippen molar-refractivity contribution in [1.82, 2.24) is 0 Å². The summed E-state index contributed by atoms with van der Waals surface area (Å²) in [5.74, 6) is 0. The van der Waals surface area contributed by atoms with E-state index in [0.717, 1.165) is 0 Å². The van der Waals surface area contributed by atoms with E-state index in [4.69, 9.17) is 0 Å². The van der Waals surface area contributed by atoms with Crippen LogP contribution in [-0.2, 0) is 40.3 Å². The second kappa shape index (κ2) is 15.9. The molecule has 1 radical (unpaired) electrons. The molecule has 0 amide bonds. The average Bonchev–Trinajstić information content (AvgIpc) is 0.